The summed E-state index contributed by atoms with van der Waals surface area (Å²) >= 11 is 1.66. The van der Waals surface area contributed by atoms with E-state index in [0.29, 0.717) is 6.04 Å². The lowest BCUT2D eigenvalue weighted by atomic mass is 9.83. The molecular weight excluding hydrogens is 242 g/mol. The van der Waals surface area contributed by atoms with Crippen molar-refractivity contribution in [2.45, 2.75) is 56.5 Å². The number of aromatic nitrogens is 2. The van der Waals surface area contributed by atoms with Gasteiger partial charge in [0.25, 0.3) is 0 Å². The van der Waals surface area contributed by atoms with Crippen LogP contribution in [0.5, 0.6) is 0 Å². The Bertz CT molecular complexity index is 362. The molecule has 1 aromatic rings. The maximum Gasteiger partial charge on any atom is 0.130 e. The van der Waals surface area contributed by atoms with Gasteiger partial charge in [0.2, 0.25) is 0 Å². The third-order valence-corrected chi connectivity index (χ3v) is 4.39. The minimum Gasteiger partial charge on any atom is -0.367 e. The summed E-state index contributed by atoms with van der Waals surface area (Å²) in [6.45, 7) is 2.29. The van der Waals surface area contributed by atoms with Crippen LogP contribution < -0.4 is 5.32 Å². The molecule has 18 heavy (non-hydrogen) atoms. The summed E-state index contributed by atoms with van der Waals surface area (Å²) < 4.78 is 0. The number of hydrogen-bond donors (Lipinski definition) is 1. The first-order valence-electron chi connectivity index (χ1n) is 6.94. The standard InChI is InChI=1S/C14H23N3S/c1-3-4-11-5-7-12(8-6-11)17-13-9-14(18-2)16-10-15-13/h9-12H,3-8H2,1-2H3,(H,15,16,17). The zero-order valence-corrected chi connectivity index (χ0v) is 12.2. The quantitative estimate of drug-likeness (QED) is 0.646. The smallest absolute Gasteiger partial charge is 0.130 e. The van der Waals surface area contributed by atoms with Crippen LogP contribution in [-0.2, 0) is 0 Å². The molecule has 1 aliphatic carbocycles. The minimum atomic E-state index is 0.600. The molecule has 2 rings (SSSR count). The van der Waals surface area contributed by atoms with Crippen molar-refractivity contribution >= 4 is 17.6 Å². The molecule has 0 amide bonds. The van der Waals surface area contributed by atoms with E-state index < -0.39 is 0 Å². The lowest BCUT2D eigenvalue weighted by Gasteiger charge is -2.29. The first kappa shape index (κ1) is 13.7. The molecule has 0 unspecified atom stereocenters. The normalized spacial score (nSPS) is 23.9. The van der Waals surface area contributed by atoms with E-state index in [4.69, 9.17) is 0 Å². The van der Waals surface area contributed by atoms with Gasteiger partial charge in [-0.2, -0.15) is 0 Å². The predicted octanol–water partition coefficient (Wildman–Crippen LogP) is 3.97. The highest BCUT2D eigenvalue weighted by molar-refractivity contribution is 7.98. The predicted molar refractivity (Wildman–Crippen MR) is 78.1 cm³/mol. The van der Waals surface area contributed by atoms with Crippen LogP contribution in [0.15, 0.2) is 17.4 Å². The second-order valence-corrected chi connectivity index (χ2v) is 5.92. The summed E-state index contributed by atoms with van der Waals surface area (Å²) in [6.07, 6.45) is 11.7. The van der Waals surface area contributed by atoms with Crippen LogP contribution in [0.25, 0.3) is 0 Å². The maximum atomic E-state index is 4.30. The van der Waals surface area contributed by atoms with Gasteiger partial charge in [-0.05, 0) is 37.9 Å². The highest BCUT2D eigenvalue weighted by Crippen LogP contribution is 2.29. The second-order valence-electron chi connectivity index (χ2n) is 5.10. The van der Waals surface area contributed by atoms with Gasteiger partial charge < -0.3 is 5.32 Å². The molecule has 0 atom stereocenters. The Morgan fingerprint density at radius 1 is 1.28 bits per heavy atom. The van der Waals surface area contributed by atoms with Gasteiger partial charge in [0, 0.05) is 12.1 Å². The lowest BCUT2D eigenvalue weighted by Crippen LogP contribution is -2.26. The van der Waals surface area contributed by atoms with Crippen molar-refractivity contribution in [3.63, 3.8) is 0 Å². The van der Waals surface area contributed by atoms with Gasteiger partial charge in [-0.15, -0.1) is 11.8 Å². The zero-order valence-electron chi connectivity index (χ0n) is 11.4. The second kappa shape index (κ2) is 6.98. The van der Waals surface area contributed by atoms with Crippen molar-refractivity contribution in [1.29, 1.82) is 0 Å². The van der Waals surface area contributed by atoms with Crippen LogP contribution >= 0.6 is 11.8 Å². The largest absolute Gasteiger partial charge is 0.367 e. The molecule has 0 aliphatic heterocycles. The van der Waals surface area contributed by atoms with Gasteiger partial charge in [-0.1, -0.05) is 19.8 Å². The highest BCUT2D eigenvalue weighted by Gasteiger charge is 2.20. The number of anilines is 1. The number of nitrogens with zero attached hydrogens (tertiary/aromatic N) is 2. The summed E-state index contributed by atoms with van der Waals surface area (Å²) in [4.78, 5) is 8.50. The Morgan fingerprint density at radius 2 is 2.06 bits per heavy atom. The Balaban J connectivity index is 1.83. The molecule has 0 saturated heterocycles. The van der Waals surface area contributed by atoms with E-state index in [1.165, 1.54) is 38.5 Å². The lowest BCUT2D eigenvalue weighted by molar-refractivity contribution is 0.318. The van der Waals surface area contributed by atoms with Crippen LogP contribution in [0, 0.1) is 5.92 Å². The van der Waals surface area contributed by atoms with Gasteiger partial charge in [-0.3, -0.25) is 0 Å². The molecule has 3 nitrogen and oxygen atoms in total. The van der Waals surface area contributed by atoms with Gasteiger partial charge >= 0.3 is 0 Å². The molecular formula is C14H23N3S. The van der Waals surface area contributed by atoms with E-state index in [2.05, 4.69) is 22.2 Å². The maximum absolute atomic E-state index is 4.30. The van der Waals surface area contributed by atoms with Gasteiger partial charge in [0.15, 0.2) is 0 Å². The van der Waals surface area contributed by atoms with E-state index in [9.17, 15) is 0 Å². The zero-order chi connectivity index (χ0) is 12.8. The Hall–Kier alpha value is -0.770. The van der Waals surface area contributed by atoms with Crippen molar-refractivity contribution in [2.24, 2.45) is 5.92 Å². The summed E-state index contributed by atoms with van der Waals surface area (Å²) in [7, 11) is 0. The summed E-state index contributed by atoms with van der Waals surface area (Å²) in [5.74, 6) is 1.94. The molecule has 1 aromatic heterocycles. The number of hydrogen-bond acceptors (Lipinski definition) is 4. The van der Waals surface area contributed by atoms with Crippen LogP contribution in [-0.4, -0.2) is 22.3 Å². The Kier molecular flexibility index (Phi) is 5.29. The molecule has 0 aromatic carbocycles. The minimum absolute atomic E-state index is 0.600. The van der Waals surface area contributed by atoms with E-state index in [0.717, 1.165) is 16.8 Å². The molecule has 0 spiro atoms. The molecule has 4 heteroatoms. The highest BCUT2D eigenvalue weighted by atomic mass is 32.2. The van der Waals surface area contributed by atoms with Crippen LogP contribution in [0.3, 0.4) is 0 Å². The summed E-state index contributed by atoms with van der Waals surface area (Å²) in [6, 6.07) is 2.64. The van der Waals surface area contributed by atoms with Crippen molar-refractivity contribution < 1.29 is 0 Å². The van der Waals surface area contributed by atoms with Crippen molar-refractivity contribution in [1.82, 2.24) is 9.97 Å². The third kappa shape index (κ3) is 3.87. The van der Waals surface area contributed by atoms with E-state index >= 15 is 0 Å². The van der Waals surface area contributed by atoms with Gasteiger partial charge in [0.1, 0.15) is 17.2 Å². The average molecular weight is 265 g/mol. The van der Waals surface area contributed by atoms with Crippen molar-refractivity contribution in [2.75, 3.05) is 11.6 Å². The fourth-order valence-electron chi connectivity index (χ4n) is 2.74. The van der Waals surface area contributed by atoms with Crippen LogP contribution in [0.1, 0.15) is 45.4 Å². The fourth-order valence-corrected chi connectivity index (χ4v) is 3.12. The molecule has 1 fully saturated rings. The summed E-state index contributed by atoms with van der Waals surface area (Å²) in [5, 5.41) is 4.59. The molecule has 0 bridgehead atoms. The monoisotopic (exact) mass is 265 g/mol. The van der Waals surface area contributed by atoms with Crippen molar-refractivity contribution in [3.05, 3.63) is 12.4 Å². The molecule has 0 radical (unpaired) electrons. The molecule has 1 aliphatic rings. The van der Waals surface area contributed by atoms with Gasteiger partial charge in [0.05, 0.1) is 0 Å². The fraction of sp³-hybridized carbons (Fsp3) is 0.714. The molecule has 1 saturated carbocycles. The van der Waals surface area contributed by atoms with Gasteiger partial charge in [-0.25, -0.2) is 9.97 Å². The third-order valence-electron chi connectivity index (χ3n) is 3.75. The number of nitrogens with one attached hydrogen (secondary N) is 1. The topological polar surface area (TPSA) is 37.8 Å². The van der Waals surface area contributed by atoms with Crippen LogP contribution in [0.2, 0.25) is 0 Å². The van der Waals surface area contributed by atoms with Crippen molar-refractivity contribution in [3.8, 4) is 0 Å². The molecule has 1 heterocycles. The van der Waals surface area contributed by atoms with E-state index in [1.807, 2.05) is 12.3 Å². The first-order valence-corrected chi connectivity index (χ1v) is 8.17. The Labute approximate surface area is 114 Å². The Morgan fingerprint density at radius 3 is 2.72 bits per heavy atom. The SMILES string of the molecule is CCCC1CCC(Nc2cc(SC)ncn2)CC1. The molecule has 100 valence electrons. The number of rotatable bonds is 5. The van der Waals surface area contributed by atoms with E-state index in [1.54, 1.807) is 18.1 Å². The average Bonchev–Trinajstić information content (AvgIpc) is 2.42. The first-order chi connectivity index (χ1) is 8.81. The number of thioether (sulfide) groups is 1. The molecule has 1 N–H and O–H groups in total. The van der Waals surface area contributed by atoms with Crippen LogP contribution in [0.4, 0.5) is 5.82 Å². The summed E-state index contributed by atoms with van der Waals surface area (Å²) in [5.41, 5.74) is 0. The van der Waals surface area contributed by atoms with E-state index in [-0.39, 0.29) is 0 Å².